The largest absolute Gasteiger partial charge is 0.497 e. The Labute approximate surface area is 144 Å². The average Bonchev–Trinajstić information content (AvgIpc) is 3.15. The van der Waals surface area contributed by atoms with Crippen LogP contribution >= 0.6 is 0 Å². The van der Waals surface area contributed by atoms with Crippen LogP contribution in [0.15, 0.2) is 41.0 Å². The number of rotatable bonds is 6. The number of nitrogens with one attached hydrogen (secondary N) is 2. The van der Waals surface area contributed by atoms with Gasteiger partial charge in [0.1, 0.15) is 22.9 Å². The summed E-state index contributed by atoms with van der Waals surface area (Å²) in [7, 11) is 2.93. The Kier molecular flexibility index (Phi) is 5.66. The van der Waals surface area contributed by atoms with Gasteiger partial charge in [-0.2, -0.15) is 0 Å². The van der Waals surface area contributed by atoms with Crippen molar-refractivity contribution >= 4 is 17.5 Å². The number of methoxy groups -OCH3 is 2. The van der Waals surface area contributed by atoms with Crippen molar-refractivity contribution in [3.8, 4) is 11.5 Å². The molecule has 0 aliphatic heterocycles. The third kappa shape index (κ3) is 4.51. The molecule has 0 saturated heterocycles. The Balaban J connectivity index is 2.00. The van der Waals surface area contributed by atoms with E-state index in [4.69, 9.17) is 13.9 Å². The minimum atomic E-state index is -1.44. The van der Waals surface area contributed by atoms with Gasteiger partial charge in [0.15, 0.2) is 0 Å². The molecule has 0 saturated carbocycles. The summed E-state index contributed by atoms with van der Waals surface area (Å²) in [5, 5.41) is 15.1. The van der Waals surface area contributed by atoms with Crippen LogP contribution in [0.4, 0.5) is 5.69 Å². The smallest absolute Gasteiger partial charge is 0.313 e. The van der Waals surface area contributed by atoms with E-state index < -0.39 is 17.4 Å². The van der Waals surface area contributed by atoms with Gasteiger partial charge in [0.05, 0.1) is 32.7 Å². The SMILES string of the molecule is COc1ccc(OC)c(NC(=O)C(=O)NCC(C)(O)c2ccco2)c1. The first-order valence-electron chi connectivity index (χ1n) is 7.45. The van der Waals surface area contributed by atoms with E-state index in [9.17, 15) is 14.7 Å². The van der Waals surface area contributed by atoms with Crippen LogP contribution in [-0.2, 0) is 15.2 Å². The minimum Gasteiger partial charge on any atom is -0.497 e. The Hall–Kier alpha value is -3.00. The molecule has 3 N–H and O–H groups in total. The van der Waals surface area contributed by atoms with Gasteiger partial charge in [-0.15, -0.1) is 0 Å². The lowest BCUT2D eigenvalue weighted by Crippen LogP contribution is -2.43. The molecule has 0 spiro atoms. The predicted octanol–water partition coefficient (Wildman–Crippen LogP) is 1.26. The van der Waals surface area contributed by atoms with E-state index in [0.717, 1.165) is 0 Å². The summed E-state index contributed by atoms with van der Waals surface area (Å²) >= 11 is 0. The van der Waals surface area contributed by atoms with Gasteiger partial charge in [0, 0.05) is 6.07 Å². The number of aliphatic hydroxyl groups is 1. The standard InChI is InChI=1S/C17H20N2O6/c1-17(22,14-5-4-8-25-14)10-18-15(20)16(21)19-12-9-11(23-2)6-7-13(12)24-3/h4-9,22H,10H2,1-3H3,(H,18,20)(H,19,21). The van der Waals surface area contributed by atoms with E-state index in [1.54, 1.807) is 24.3 Å². The molecule has 134 valence electrons. The molecule has 0 aliphatic carbocycles. The molecule has 1 heterocycles. The highest BCUT2D eigenvalue weighted by molar-refractivity contribution is 6.39. The maximum absolute atomic E-state index is 12.1. The van der Waals surface area contributed by atoms with E-state index in [0.29, 0.717) is 17.2 Å². The molecule has 25 heavy (non-hydrogen) atoms. The number of amides is 2. The van der Waals surface area contributed by atoms with Gasteiger partial charge in [-0.05, 0) is 31.2 Å². The number of benzene rings is 1. The zero-order valence-electron chi connectivity index (χ0n) is 14.2. The van der Waals surface area contributed by atoms with Crippen LogP contribution in [0.25, 0.3) is 0 Å². The van der Waals surface area contributed by atoms with Crippen LogP contribution < -0.4 is 20.1 Å². The van der Waals surface area contributed by atoms with E-state index in [2.05, 4.69) is 10.6 Å². The summed E-state index contributed by atoms with van der Waals surface area (Å²) < 4.78 is 15.3. The normalized spacial score (nSPS) is 12.8. The van der Waals surface area contributed by atoms with Crippen molar-refractivity contribution < 1.29 is 28.6 Å². The van der Waals surface area contributed by atoms with Crippen LogP contribution in [0.1, 0.15) is 12.7 Å². The van der Waals surface area contributed by atoms with Gasteiger partial charge < -0.3 is 29.6 Å². The Bertz CT molecular complexity index is 740. The fourth-order valence-corrected chi connectivity index (χ4v) is 2.10. The van der Waals surface area contributed by atoms with Gasteiger partial charge >= 0.3 is 11.8 Å². The molecule has 0 fully saturated rings. The maximum Gasteiger partial charge on any atom is 0.313 e. The maximum atomic E-state index is 12.1. The molecule has 0 aliphatic rings. The van der Waals surface area contributed by atoms with Gasteiger partial charge in [-0.25, -0.2) is 0 Å². The lowest BCUT2D eigenvalue weighted by molar-refractivity contribution is -0.136. The second-order valence-electron chi connectivity index (χ2n) is 5.45. The molecule has 0 bridgehead atoms. The van der Waals surface area contributed by atoms with Gasteiger partial charge in [0.25, 0.3) is 0 Å². The van der Waals surface area contributed by atoms with E-state index in [-0.39, 0.29) is 12.3 Å². The van der Waals surface area contributed by atoms with Crippen LogP contribution in [0.2, 0.25) is 0 Å². The average molecular weight is 348 g/mol. The molecule has 1 aromatic carbocycles. The number of carbonyl (C=O) groups excluding carboxylic acids is 2. The van der Waals surface area contributed by atoms with Gasteiger partial charge in [0.2, 0.25) is 0 Å². The molecule has 8 heteroatoms. The van der Waals surface area contributed by atoms with Gasteiger partial charge in [-0.3, -0.25) is 9.59 Å². The number of anilines is 1. The lowest BCUT2D eigenvalue weighted by Gasteiger charge is -2.21. The second kappa shape index (κ2) is 7.71. The van der Waals surface area contributed by atoms with E-state index >= 15 is 0 Å². The molecule has 8 nitrogen and oxygen atoms in total. The summed E-state index contributed by atoms with van der Waals surface area (Å²) in [6, 6.07) is 7.99. The molecule has 2 amide bonds. The lowest BCUT2D eigenvalue weighted by atomic mass is 10.0. The molecular weight excluding hydrogens is 328 g/mol. The second-order valence-corrected chi connectivity index (χ2v) is 5.45. The van der Waals surface area contributed by atoms with Crippen LogP contribution in [-0.4, -0.2) is 37.7 Å². The number of carbonyl (C=O) groups is 2. The summed E-state index contributed by atoms with van der Waals surface area (Å²) in [6.07, 6.45) is 1.41. The number of furan rings is 1. The van der Waals surface area contributed by atoms with E-state index in [1.807, 2.05) is 0 Å². The molecule has 2 rings (SSSR count). The number of hydrogen-bond donors (Lipinski definition) is 3. The highest BCUT2D eigenvalue weighted by Crippen LogP contribution is 2.28. The minimum absolute atomic E-state index is 0.192. The molecule has 0 radical (unpaired) electrons. The highest BCUT2D eigenvalue weighted by atomic mass is 16.5. The third-order valence-corrected chi connectivity index (χ3v) is 3.51. The molecule has 2 aromatic rings. The van der Waals surface area contributed by atoms with Crippen molar-refractivity contribution in [3.05, 3.63) is 42.4 Å². The Morgan fingerprint density at radius 2 is 1.96 bits per heavy atom. The molecule has 1 aromatic heterocycles. The molecule has 1 atom stereocenters. The van der Waals surface area contributed by atoms with E-state index in [1.165, 1.54) is 33.5 Å². The van der Waals surface area contributed by atoms with Crippen LogP contribution in [0.3, 0.4) is 0 Å². The zero-order chi connectivity index (χ0) is 18.4. The number of ether oxygens (including phenoxy) is 2. The van der Waals surface area contributed by atoms with Crippen molar-refractivity contribution in [1.29, 1.82) is 0 Å². The van der Waals surface area contributed by atoms with Crippen molar-refractivity contribution in [2.24, 2.45) is 0 Å². The van der Waals surface area contributed by atoms with Crippen LogP contribution in [0.5, 0.6) is 11.5 Å². The van der Waals surface area contributed by atoms with Crippen LogP contribution in [0, 0.1) is 0 Å². The summed E-state index contributed by atoms with van der Waals surface area (Å²) in [5.41, 5.74) is -1.15. The zero-order valence-corrected chi connectivity index (χ0v) is 14.2. The van der Waals surface area contributed by atoms with Crippen molar-refractivity contribution in [3.63, 3.8) is 0 Å². The summed E-state index contributed by atoms with van der Waals surface area (Å²) in [6.45, 7) is 1.27. The number of hydrogen-bond acceptors (Lipinski definition) is 6. The van der Waals surface area contributed by atoms with Crippen molar-refractivity contribution in [2.45, 2.75) is 12.5 Å². The highest BCUT2D eigenvalue weighted by Gasteiger charge is 2.28. The summed E-state index contributed by atoms with van der Waals surface area (Å²) in [5.74, 6) is -0.650. The van der Waals surface area contributed by atoms with Crippen molar-refractivity contribution in [2.75, 3.05) is 26.1 Å². The summed E-state index contributed by atoms with van der Waals surface area (Å²) in [4.78, 5) is 24.0. The molecular formula is C17H20N2O6. The van der Waals surface area contributed by atoms with Crippen molar-refractivity contribution in [1.82, 2.24) is 5.32 Å². The molecule has 1 unspecified atom stereocenters. The Morgan fingerprint density at radius 1 is 1.20 bits per heavy atom. The fourth-order valence-electron chi connectivity index (χ4n) is 2.10. The van der Waals surface area contributed by atoms with Gasteiger partial charge in [-0.1, -0.05) is 0 Å². The third-order valence-electron chi connectivity index (χ3n) is 3.51. The predicted molar refractivity (Wildman–Crippen MR) is 89.5 cm³/mol. The fraction of sp³-hybridized carbons (Fsp3) is 0.294. The topological polar surface area (TPSA) is 110 Å². The first-order valence-corrected chi connectivity index (χ1v) is 7.45. The first-order chi connectivity index (χ1) is 11.9. The Morgan fingerprint density at radius 3 is 2.56 bits per heavy atom. The monoisotopic (exact) mass is 348 g/mol. The first kappa shape index (κ1) is 18.3. The quantitative estimate of drug-likeness (QED) is 0.678.